The van der Waals surface area contributed by atoms with Gasteiger partial charge < -0.3 is 5.73 Å². The number of imidazole rings is 1. The Hall–Kier alpha value is -2.69. The van der Waals surface area contributed by atoms with Gasteiger partial charge in [-0.15, -0.1) is 0 Å². The Labute approximate surface area is 114 Å². The van der Waals surface area contributed by atoms with Gasteiger partial charge in [-0.05, 0) is 30.3 Å². The second kappa shape index (κ2) is 4.77. The van der Waals surface area contributed by atoms with E-state index in [9.17, 15) is 8.78 Å². The van der Waals surface area contributed by atoms with Gasteiger partial charge in [-0.2, -0.15) is 0 Å². The molecule has 0 radical (unpaired) electrons. The summed E-state index contributed by atoms with van der Waals surface area (Å²) in [4.78, 5) is 4.06. The molecule has 2 aromatic carbocycles. The lowest BCUT2D eigenvalue weighted by molar-refractivity contribution is 0.628. The monoisotopic (exact) mass is 271 g/mol. The van der Waals surface area contributed by atoms with Crippen LogP contribution < -0.4 is 5.73 Å². The highest BCUT2D eigenvalue weighted by Crippen LogP contribution is 2.24. The Bertz CT molecular complexity index is 765. The van der Waals surface area contributed by atoms with Gasteiger partial charge in [0, 0.05) is 11.3 Å². The molecule has 100 valence electrons. The van der Waals surface area contributed by atoms with E-state index >= 15 is 0 Å². The van der Waals surface area contributed by atoms with Crippen molar-refractivity contribution in [3.8, 4) is 16.9 Å². The molecule has 3 aromatic rings. The predicted octanol–water partition coefficient (Wildman–Crippen LogP) is 3.40. The zero-order chi connectivity index (χ0) is 14.1. The van der Waals surface area contributed by atoms with Crippen molar-refractivity contribution in [2.75, 3.05) is 5.73 Å². The molecule has 20 heavy (non-hydrogen) atoms. The van der Waals surface area contributed by atoms with Crippen molar-refractivity contribution >= 4 is 5.69 Å². The number of nitrogen functional groups attached to an aromatic ring is 1. The summed E-state index contributed by atoms with van der Waals surface area (Å²) >= 11 is 0. The zero-order valence-corrected chi connectivity index (χ0v) is 10.4. The zero-order valence-electron chi connectivity index (χ0n) is 10.4. The maximum absolute atomic E-state index is 13.3. The van der Waals surface area contributed by atoms with E-state index in [1.165, 1.54) is 24.3 Å². The van der Waals surface area contributed by atoms with Crippen LogP contribution in [-0.4, -0.2) is 9.55 Å². The Morgan fingerprint density at radius 2 is 1.90 bits per heavy atom. The van der Waals surface area contributed by atoms with Crippen LogP contribution in [0.4, 0.5) is 14.5 Å². The summed E-state index contributed by atoms with van der Waals surface area (Å²) in [7, 11) is 0. The fourth-order valence-corrected chi connectivity index (χ4v) is 2.04. The molecule has 0 aliphatic rings. The lowest BCUT2D eigenvalue weighted by atomic mass is 10.1. The molecule has 0 unspecified atom stereocenters. The van der Waals surface area contributed by atoms with Gasteiger partial charge in [0.05, 0.1) is 23.9 Å². The van der Waals surface area contributed by atoms with Crippen LogP contribution in [0, 0.1) is 11.6 Å². The largest absolute Gasteiger partial charge is 0.396 e. The molecule has 0 spiro atoms. The smallest absolute Gasteiger partial charge is 0.146 e. The molecule has 3 rings (SSSR count). The number of rotatable bonds is 2. The minimum absolute atomic E-state index is 0.0568. The molecule has 0 aliphatic heterocycles. The SMILES string of the molecule is Nc1cc(-n2cncc2-c2cccc(F)c2)ccc1F. The lowest BCUT2D eigenvalue weighted by Gasteiger charge is -2.09. The van der Waals surface area contributed by atoms with E-state index in [-0.39, 0.29) is 11.5 Å². The van der Waals surface area contributed by atoms with Crippen LogP contribution in [0.25, 0.3) is 16.9 Å². The third-order valence-corrected chi connectivity index (χ3v) is 3.02. The average molecular weight is 271 g/mol. The van der Waals surface area contributed by atoms with Gasteiger partial charge in [0.15, 0.2) is 0 Å². The Kier molecular flexibility index (Phi) is 2.95. The van der Waals surface area contributed by atoms with E-state index in [2.05, 4.69) is 4.98 Å². The van der Waals surface area contributed by atoms with Crippen LogP contribution in [0.5, 0.6) is 0 Å². The normalized spacial score (nSPS) is 10.7. The summed E-state index contributed by atoms with van der Waals surface area (Å²) in [5.74, 6) is -0.796. The first kappa shape index (κ1) is 12.3. The fourth-order valence-electron chi connectivity index (χ4n) is 2.04. The molecule has 1 aromatic heterocycles. The molecule has 0 fully saturated rings. The number of nitrogens with two attached hydrogens (primary N) is 1. The Morgan fingerprint density at radius 1 is 1.05 bits per heavy atom. The standard InChI is InChI=1S/C15H11F2N3/c16-11-3-1-2-10(6-11)15-8-19-9-20(15)12-4-5-13(17)14(18)7-12/h1-9H,18H2. The minimum atomic E-state index is -0.471. The molecule has 0 saturated heterocycles. The molecule has 5 heteroatoms. The topological polar surface area (TPSA) is 43.8 Å². The summed E-state index contributed by atoms with van der Waals surface area (Å²) in [5, 5.41) is 0. The van der Waals surface area contributed by atoms with Crippen molar-refractivity contribution < 1.29 is 8.78 Å². The Balaban J connectivity index is 2.12. The van der Waals surface area contributed by atoms with Gasteiger partial charge in [-0.1, -0.05) is 12.1 Å². The van der Waals surface area contributed by atoms with E-state index in [1.54, 1.807) is 35.3 Å². The van der Waals surface area contributed by atoms with Gasteiger partial charge in [0.2, 0.25) is 0 Å². The van der Waals surface area contributed by atoms with Gasteiger partial charge >= 0.3 is 0 Å². The molecule has 1 heterocycles. The van der Waals surface area contributed by atoms with Crippen molar-refractivity contribution in [3.05, 3.63) is 66.6 Å². The van der Waals surface area contributed by atoms with Crippen LogP contribution in [0.1, 0.15) is 0 Å². The van der Waals surface area contributed by atoms with Crippen LogP contribution >= 0.6 is 0 Å². The second-order valence-electron chi connectivity index (χ2n) is 4.37. The third kappa shape index (κ3) is 2.14. The van der Waals surface area contributed by atoms with Crippen molar-refractivity contribution in [2.45, 2.75) is 0 Å². The summed E-state index contributed by atoms with van der Waals surface area (Å²) < 4.78 is 28.3. The van der Waals surface area contributed by atoms with Crippen molar-refractivity contribution in [1.29, 1.82) is 0 Å². The van der Waals surface area contributed by atoms with Crippen molar-refractivity contribution in [1.82, 2.24) is 9.55 Å². The maximum Gasteiger partial charge on any atom is 0.146 e. The van der Waals surface area contributed by atoms with Gasteiger partial charge in [0.1, 0.15) is 11.6 Å². The van der Waals surface area contributed by atoms with Crippen LogP contribution in [-0.2, 0) is 0 Å². The van der Waals surface area contributed by atoms with E-state index in [0.29, 0.717) is 16.9 Å². The van der Waals surface area contributed by atoms with Gasteiger partial charge in [-0.3, -0.25) is 4.57 Å². The van der Waals surface area contributed by atoms with E-state index in [0.717, 1.165) is 0 Å². The first-order valence-electron chi connectivity index (χ1n) is 5.99. The quantitative estimate of drug-likeness (QED) is 0.726. The van der Waals surface area contributed by atoms with Gasteiger partial charge in [-0.25, -0.2) is 13.8 Å². The number of benzene rings is 2. The van der Waals surface area contributed by atoms with E-state index in [4.69, 9.17) is 5.73 Å². The number of hydrogen-bond acceptors (Lipinski definition) is 2. The summed E-state index contributed by atoms with van der Waals surface area (Å²) in [6, 6.07) is 10.6. The highest BCUT2D eigenvalue weighted by Gasteiger charge is 2.09. The molecule has 0 saturated carbocycles. The van der Waals surface area contributed by atoms with Crippen molar-refractivity contribution in [3.63, 3.8) is 0 Å². The fraction of sp³-hybridized carbons (Fsp3) is 0. The average Bonchev–Trinajstić information content (AvgIpc) is 2.91. The number of hydrogen-bond donors (Lipinski definition) is 1. The molecule has 0 amide bonds. The number of halogens is 2. The second-order valence-corrected chi connectivity index (χ2v) is 4.37. The predicted molar refractivity (Wildman–Crippen MR) is 73.3 cm³/mol. The molecule has 0 atom stereocenters. The van der Waals surface area contributed by atoms with Crippen LogP contribution in [0.2, 0.25) is 0 Å². The van der Waals surface area contributed by atoms with E-state index < -0.39 is 5.82 Å². The lowest BCUT2D eigenvalue weighted by Crippen LogP contribution is -1.98. The van der Waals surface area contributed by atoms with E-state index in [1.807, 2.05) is 0 Å². The first-order valence-corrected chi connectivity index (χ1v) is 5.99. The maximum atomic E-state index is 13.3. The molecule has 0 aliphatic carbocycles. The summed E-state index contributed by atoms with van der Waals surface area (Å²) in [5.41, 5.74) is 7.68. The van der Waals surface area contributed by atoms with Crippen LogP contribution in [0.3, 0.4) is 0 Å². The molecular formula is C15H11F2N3. The summed E-state index contributed by atoms with van der Waals surface area (Å²) in [6.45, 7) is 0. The van der Waals surface area contributed by atoms with Gasteiger partial charge in [0.25, 0.3) is 0 Å². The third-order valence-electron chi connectivity index (χ3n) is 3.02. The molecular weight excluding hydrogens is 260 g/mol. The number of aromatic nitrogens is 2. The molecule has 3 nitrogen and oxygen atoms in total. The van der Waals surface area contributed by atoms with Crippen molar-refractivity contribution in [2.24, 2.45) is 0 Å². The summed E-state index contributed by atoms with van der Waals surface area (Å²) in [6.07, 6.45) is 3.20. The Morgan fingerprint density at radius 3 is 2.65 bits per heavy atom. The molecule has 0 bridgehead atoms. The first-order chi connectivity index (χ1) is 9.65. The molecule has 2 N–H and O–H groups in total. The highest BCUT2D eigenvalue weighted by atomic mass is 19.1. The highest BCUT2D eigenvalue weighted by molar-refractivity contribution is 5.63. The van der Waals surface area contributed by atoms with Crippen LogP contribution in [0.15, 0.2) is 55.0 Å². The minimum Gasteiger partial charge on any atom is -0.396 e. The number of nitrogens with zero attached hydrogens (tertiary/aromatic N) is 2. The number of anilines is 1.